The van der Waals surface area contributed by atoms with Gasteiger partial charge in [0.25, 0.3) is 0 Å². The van der Waals surface area contributed by atoms with Crippen LogP contribution in [0.4, 0.5) is 17.1 Å². The highest BCUT2D eigenvalue weighted by molar-refractivity contribution is 6.33. The fourth-order valence-electron chi connectivity index (χ4n) is 1.67. The van der Waals surface area contributed by atoms with Gasteiger partial charge in [-0.25, -0.2) is 4.79 Å². The molecule has 0 unspecified atom stereocenters. The molecule has 4 N–H and O–H groups in total. The largest absolute Gasteiger partial charge is 0.478 e. The molecule has 0 aromatic heterocycles. The number of hydrogen-bond acceptors (Lipinski definition) is 4. The van der Waals surface area contributed by atoms with Gasteiger partial charge in [0.2, 0.25) is 0 Å². The standard InChI is InChI=1S/C14H10ClN3O2/c15-11-3-1-8(7-16)5-13(11)18-9-2-4-12(17)10(6-9)14(19)20/h1-6,18H,17H2,(H,19,20). The molecular weight excluding hydrogens is 278 g/mol. The summed E-state index contributed by atoms with van der Waals surface area (Å²) in [5, 5.41) is 21.3. The third kappa shape index (κ3) is 2.82. The van der Waals surface area contributed by atoms with Crippen molar-refractivity contribution in [3.63, 3.8) is 0 Å². The van der Waals surface area contributed by atoms with Gasteiger partial charge >= 0.3 is 5.97 Å². The van der Waals surface area contributed by atoms with Gasteiger partial charge in [-0.2, -0.15) is 5.26 Å². The van der Waals surface area contributed by atoms with Crippen molar-refractivity contribution >= 4 is 34.6 Å². The van der Waals surface area contributed by atoms with Gasteiger partial charge in [0.05, 0.1) is 27.9 Å². The average molecular weight is 288 g/mol. The Morgan fingerprint density at radius 3 is 2.70 bits per heavy atom. The highest BCUT2D eigenvalue weighted by Crippen LogP contribution is 2.28. The molecule has 0 radical (unpaired) electrons. The molecule has 5 nitrogen and oxygen atoms in total. The molecule has 0 spiro atoms. The zero-order chi connectivity index (χ0) is 14.7. The number of carbonyl (C=O) groups is 1. The molecule has 0 saturated heterocycles. The van der Waals surface area contributed by atoms with E-state index in [0.29, 0.717) is 22.0 Å². The second-order valence-electron chi connectivity index (χ2n) is 4.04. The molecule has 0 heterocycles. The molecule has 2 aromatic carbocycles. The molecule has 0 bridgehead atoms. The summed E-state index contributed by atoms with van der Waals surface area (Å²) in [6.07, 6.45) is 0. The summed E-state index contributed by atoms with van der Waals surface area (Å²) < 4.78 is 0. The molecule has 6 heteroatoms. The summed E-state index contributed by atoms with van der Waals surface area (Å²) in [4.78, 5) is 11.0. The second-order valence-corrected chi connectivity index (χ2v) is 4.45. The predicted octanol–water partition coefficient (Wildman–Crippen LogP) is 3.24. The number of nitrogens with one attached hydrogen (secondary N) is 1. The van der Waals surface area contributed by atoms with E-state index in [-0.39, 0.29) is 11.3 Å². The molecule has 0 atom stereocenters. The van der Waals surface area contributed by atoms with E-state index in [1.54, 1.807) is 24.3 Å². The summed E-state index contributed by atoms with van der Waals surface area (Å²) in [7, 11) is 0. The average Bonchev–Trinajstić information content (AvgIpc) is 2.43. The molecule has 2 aromatic rings. The number of aromatic carboxylic acids is 1. The van der Waals surface area contributed by atoms with E-state index in [0.717, 1.165) is 0 Å². The Balaban J connectivity index is 2.38. The quantitative estimate of drug-likeness (QED) is 0.753. The predicted molar refractivity (Wildman–Crippen MR) is 77.3 cm³/mol. The zero-order valence-corrected chi connectivity index (χ0v) is 11.0. The van der Waals surface area contributed by atoms with Gasteiger partial charge in [-0.1, -0.05) is 11.6 Å². The van der Waals surface area contributed by atoms with Crippen molar-refractivity contribution in [3.05, 3.63) is 52.5 Å². The van der Waals surface area contributed by atoms with Crippen LogP contribution in [0.1, 0.15) is 15.9 Å². The molecule has 0 aliphatic rings. The van der Waals surface area contributed by atoms with E-state index in [2.05, 4.69) is 5.32 Å². The number of hydrogen-bond donors (Lipinski definition) is 3. The first-order valence-electron chi connectivity index (χ1n) is 5.61. The van der Waals surface area contributed by atoms with Gasteiger partial charge in [-0.15, -0.1) is 0 Å². The number of nitriles is 1. The van der Waals surface area contributed by atoms with Crippen LogP contribution in [0.5, 0.6) is 0 Å². The molecular formula is C14H10ClN3O2. The molecule has 0 aliphatic heterocycles. The van der Waals surface area contributed by atoms with Crippen molar-refractivity contribution in [1.29, 1.82) is 5.26 Å². The Bertz CT molecular complexity index is 723. The maximum atomic E-state index is 11.0. The Kier molecular flexibility index (Phi) is 3.78. The van der Waals surface area contributed by atoms with Gasteiger partial charge < -0.3 is 16.2 Å². The number of nitrogens with zero attached hydrogens (tertiary/aromatic N) is 1. The van der Waals surface area contributed by atoms with Crippen molar-refractivity contribution in [2.75, 3.05) is 11.1 Å². The Morgan fingerprint density at radius 2 is 2.05 bits per heavy atom. The summed E-state index contributed by atoms with van der Waals surface area (Å²) in [5.74, 6) is -1.11. The lowest BCUT2D eigenvalue weighted by molar-refractivity contribution is 0.0698. The third-order valence-electron chi connectivity index (χ3n) is 2.66. The van der Waals surface area contributed by atoms with Crippen molar-refractivity contribution in [1.82, 2.24) is 0 Å². The molecule has 0 aliphatic carbocycles. The van der Waals surface area contributed by atoms with Crippen LogP contribution in [0.25, 0.3) is 0 Å². The zero-order valence-electron chi connectivity index (χ0n) is 10.2. The van der Waals surface area contributed by atoms with Crippen molar-refractivity contribution < 1.29 is 9.90 Å². The van der Waals surface area contributed by atoms with E-state index in [1.165, 1.54) is 12.1 Å². The van der Waals surface area contributed by atoms with Crippen LogP contribution in [0.2, 0.25) is 5.02 Å². The topological polar surface area (TPSA) is 99.1 Å². The number of nitrogen functional groups attached to an aromatic ring is 1. The van der Waals surface area contributed by atoms with E-state index in [4.69, 9.17) is 27.7 Å². The first-order valence-corrected chi connectivity index (χ1v) is 5.98. The number of carboxylic acids is 1. The normalized spacial score (nSPS) is 9.80. The fraction of sp³-hybridized carbons (Fsp3) is 0. The molecule has 0 amide bonds. The van der Waals surface area contributed by atoms with E-state index >= 15 is 0 Å². The number of anilines is 3. The van der Waals surface area contributed by atoms with Crippen LogP contribution >= 0.6 is 11.6 Å². The highest BCUT2D eigenvalue weighted by Gasteiger charge is 2.09. The lowest BCUT2D eigenvalue weighted by Gasteiger charge is -2.10. The van der Waals surface area contributed by atoms with Crippen LogP contribution in [0, 0.1) is 11.3 Å². The summed E-state index contributed by atoms with van der Waals surface area (Å²) in [5.41, 5.74) is 7.26. The van der Waals surface area contributed by atoms with Crippen LogP contribution < -0.4 is 11.1 Å². The Hall–Kier alpha value is -2.71. The minimum Gasteiger partial charge on any atom is -0.478 e. The van der Waals surface area contributed by atoms with Crippen molar-refractivity contribution in [2.45, 2.75) is 0 Å². The van der Waals surface area contributed by atoms with Crippen LogP contribution in [-0.4, -0.2) is 11.1 Å². The highest BCUT2D eigenvalue weighted by atomic mass is 35.5. The third-order valence-corrected chi connectivity index (χ3v) is 2.99. The van der Waals surface area contributed by atoms with Gasteiger partial charge in [0, 0.05) is 11.4 Å². The van der Waals surface area contributed by atoms with Crippen LogP contribution in [0.15, 0.2) is 36.4 Å². The van der Waals surface area contributed by atoms with Gasteiger partial charge in [0.1, 0.15) is 0 Å². The maximum Gasteiger partial charge on any atom is 0.337 e. The monoisotopic (exact) mass is 287 g/mol. The minimum absolute atomic E-state index is 0.00237. The Labute approximate surface area is 120 Å². The summed E-state index contributed by atoms with van der Waals surface area (Å²) >= 11 is 6.02. The summed E-state index contributed by atoms with van der Waals surface area (Å²) in [6.45, 7) is 0. The van der Waals surface area contributed by atoms with E-state index < -0.39 is 5.97 Å². The van der Waals surface area contributed by atoms with Crippen molar-refractivity contribution in [3.8, 4) is 6.07 Å². The Morgan fingerprint density at radius 1 is 1.30 bits per heavy atom. The number of carboxylic acid groups (broad SMARTS) is 1. The SMILES string of the molecule is N#Cc1ccc(Cl)c(Nc2ccc(N)c(C(=O)O)c2)c1. The first-order chi connectivity index (χ1) is 9.51. The van der Waals surface area contributed by atoms with Crippen molar-refractivity contribution in [2.24, 2.45) is 0 Å². The lowest BCUT2D eigenvalue weighted by atomic mass is 10.1. The van der Waals surface area contributed by atoms with Gasteiger partial charge in [0.15, 0.2) is 0 Å². The lowest BCUT2D eigenvalue weighted by Crippen LogP contribution is -2.03. The smallest absolute Gasteiger partial charge is 0.337 e. The minimum atomic E-state index is -1.11. The molecule has 20 heavy (non-hydrogen) atoms. The number of nitrogens with two attached hydrogens (primary N) is 1. The van der Waals surface area contributed by atoms with Crippen LogP contribution in [0.3, 0.4) is 0 Å². The number of halogens is 1. The molecule has 2 rings (SSSR count). The molecule has 100 valence electrons. The van der Waals surface area contributed by atoms with E-state index in [9.17, 15) is 4.79 Å². The van der Waals surface area contributed by atoms with Crippen LogP contribution in [-0.2, 0) is 0 Å². The fourth-order valence-corrected chi connectivity index (χ4v) is 1.83. The molecule has 0 saturated carbocycles. The second kappa shape index (κ2) is 5.51. The number of benzene rings is 2. The van der Waals surface area contributed by atoms with Gasteiger partial charge in [-0.05, 0) is 36.4 Å². The number of rotatable bonds is 3. The summed E-state index contributed by atoms with van der Waals surface area (Å²) in [6, 6.07) is 11.3. The molecule has 0 fully saturated rings. The van der Waals surface area contributed by atoms with Gasteiger partial charge in [-0.3, -0.25) is 0 Å². The first kappa shape index (κ1) is 13.7. The maximum absolute atomic E-state index is 11.0. The van der Waals surface area contributed by atoms with E-state index in [1.807, 2.05) is 6.07 Å².